The highest BCUT2D eigenvalue weighted by atomic mass is 16.6. The van der Waals surface area contributed by atoms with Gasteiger partial charge in [0.25, 0.3) is 0 Å². The monoisotopic (exact) mass is 428 g/mol. The van der Waals surface area contributed by atoms with Crippen molar-refractivity contribution >= 4 is 0 Å². The highest BCUT2D eigenvalue weighted by Crippen LogP contribution is 2.59. The van der Waals surface area contributed by atoms with Crippen molar-refractivity contribution in [3.8, 4) is 0 Å². The molecule has 1 aliphatic heterocycles. The smallest absolute Gasteiger partial charge is 0.118 e. The van der Waals surface area contributed by atoms with Crippen LogP contribution in [0.1, 0.15) is 65.7 Å². The lowest BCUT2D eigenvalue weighted by Gasteiger charge is -2.44. The molecule has 3 N–H and O–H groups in total. The van der Waals surface area contributed by atoms with Gasteiger partial charge in [-0.3, -0.25) is 0 Å². The SMILES string of the molecule is C=C1/C(=C/C=C2\CCC[C@]3(C)[C@@H]([C@H](C)/C=C/[C@@H](O)[C@@]4(C)CO4)CC[C@@H]23)C[C@@H](O)C[C@@H]1O. The van der Waals surface area contributed by atoms with Gasteiger partial charge in [0.05, 0.1) is 18.8 Å². The molecule has 31 heavy (non-hydrogen) atoms. The van der Waals surface area contributed by atoms with Gasteiger partial charge in [0.2, 0.25) is 0 Å². The van der Waals surface area contributed by atoms with E-state index in [2.05, 4.69) is 38.7 Å². The molecule has 1 heterocycles. The van der Waals surface area contributed by atoms with Gasteiger partial charge in [0.1, 0.15) is 11.7 Å². The molecule has 4 rings (SSSR count). The standard InChI is InChI=1S/C27H40O4/c1-17(7-12-25(30)27(4)16-31-27)22-10-11-23-19(6-5-13-26(22,23)3)8-9-20-14-21(28)15-24(29)18(20)2/h7-9,12,17,21-25,28-30H,2,5-6,10-11,13-16H2,1,3-4H3/b12-7+,19-8+,20-9+/t17-,21-,22-,23+,24+,25-,26-,27-/m1/s1. The third-order valence-electron chi connectivity index (χ3n) is 8.76. The predicted molar refractivity (Wildman–Crippen MR) is 123 cm³/mol. The van der Waals surface area contributed by atoms with Gasteiger partial charge in [-0.2, -0.15) is 0 Å². The minimum Gasteiger partial charge on any atom is -0.393 e. The Morgan fingerprint density at radius 2 is 1.90 bits per heavy atom. The molecular formula is C27H40O4. The van der Waals surface area contributed by atoms with Crippen molar-refractivity contribution in [2.75, 3.05) is 6.61 Å². The van der Waals surface area contributed by atoms with E-state index in [0.29, 0.717) is 37.2 Å². The first-order valence-electron chi connectivity index (χ1n) is 12.1. The molecule has 172 valence electrons. The number of aliphatic hydroxyl groups is 3. The number of epoxide rings is 1. The van der Waals surface area contributed by atoms with Crippen LogP contribution in [-0.2, 0) is 4.74 Å². The number of allylic oxidation sites excluding steroid dienone is 4. The molecule has 0 aromatic carbocycles. The molecule has 0 radical (unpaired) electrons. The van der Waals surface area contributed by atoms with E-state index in [1.165, 1.54) is 31.3 Å². The fourth-order valence-corrected chi connectivity index (χ4v) is 6.51. The molecule has 4 heteroatoms. The Hall–Kier alpha value is -1.20. The highest BCUT2D eigenvalue weighted by Gasteiger charge is 2.50. The Balaban J connectivity index is 1.48. The number of fused-ring (bicyclic) bond motifs is 1. The molecule has 8 atom stereocenters. The van der Waals surface area contributed by atoms with Crippen LogP contribution in [0.15, 0.2) is 47.6 Å². The van der Waals surface area contributed by atoms with Crippen molar-refractivity contribution < 1.29 is 20.1 Å². The first-order valence-corrected chi connectivity index (χ1v) is 12.1. The molecule has 3 aliphatic carbocycles. The van der Waals surface area contributed by atoms with Gasteiger partial charge in [0, 0.05) is 6.42 Å². The van der Waals surface area contributed by atoms with Crippen molar-refractivity contribution in [2.45, 2.75) is 89.6 Å². The van der Waals surface area contributed by atoms with Crippen LogP contribution in [-0.4, -0.2) is 45.8 Å². The summed E-state index contributed by atoms with van der Waals surface area (Å²) in [5.41, 5.74) is 3.16. The first-order chi connectivity index (χ1) is 14.6. The molecular weight excluding hydrogens is 388 g/mol. The lowest BCUT2D eigenvalue weighted by atomic mass is 9.61. The van der Waals surface area contributed by atoms with Crippen LogP contribution in [0, 0.1) is 23.2 Å². The van der Waals surface area contributed by atoms with E-state index in [1.807, 2.05) is 13.0 Å². The van der Waals surface area contributed by atoms with E-state index in [9.17, 15) is 15.3 Å². The van der Waals surface area contributed by atoms with Crippen LogP contribution in [0.25, 0.3) is 0 Å². The Kier molecular flexibility index (Phi) is 6.39. The summed E-state index contributed by atoms with van der Waals surface area (Å²) in [6, 6.07) is 0. The second-order valence-corrected chi connectivity index (χ2v) is 11.0. The average molecular weight is 429 g/mol. The lowest BCUT2D eigenvalue weighted by molar-refractivity contribution is 0.0862. The van der Waals surface area contributed by atoms with E-state index in [0.717, 1.165) is 17.6 Å². The van der Waals surface area contributed by atoms with Gasteiger partial charge in [0.15, 0.2) is 0 Å². The molecule has 0 unspecified atom stereocenters. The summed E-state index contributed by atoms with van der Waals surface area (Å²) < 4.78 is 5.38. The number of hydrogen-bond donors (Lipinski definition) is 3. The summed E-state index contributed by atoms with van der Waals surface area (Å²) in [4.78, 5) is 0. The summed E-state index contributed by atoms with van der Waals surface area (Å²) in [7, 11) is 0. The Morgan fingerprint density at radius 3 is 2.61 bits per heavy atom. The second-order valence-electron chi connectivity index (χ2n) is 11.0. The zero-order valence-corrected chi connectivity index (χ0v) is 19.4. The third-order valence-corrected chi connectivity index (χ3v) is 8.76. The number of aliphatic hydroxyl groups excluding tert-OH is 3. The molecule has 0 bridgehead atoms. The summed E-state index contributed by atoms with van der Waals surface area (Å²) in [6.07, 6.45) is 13.9. The summed E-state index contributed by atoms with van der Waals surface area (Å²) in [5.74, 6) is 1.62. The van der Waals surface area contributed by atoms with E-state index >= 15 is 0 Å². The molecule has 0 amide bonds. The topological polar surface area (TPSA) is 73.2 Å². The fourth-order valence-electron chi connectivity index (χ4n) is 6.51. The Bertz CT molecular complexity index is 789. The van der Waals surface area contributed by atoms with Gasteiger partial charge >= 0.3 is 0 Å². The predicted octanol–water partition coefficient (Wildman–Crippen LogP) is 4.47. The quantitative estimate of drug-likeness (QED) is 0.446. The fraction of sp³-hybridized carbons (Fsp3) is 0.704. The maximum absolute atomic E-state index is 10.4. The minimum atomic E-state index is -0.632. The van der Waals surface area contributed by atoms with Crippen LogP contribution in [0.4, 0.5) is 0 Å². The molecule has 4 aliphatic rings. The summed E-state index contributed by atoms with van der Waals surface area (Å²) >= 11 is 0. The van der Waals surface area contributed by atoms with Crippen LogP contribution in [0.3, 0.4) is 0 Å². The van der Waals surface area contributed by atoms with Gasteiger partial charge < -0.3 is 20.1 Å². The molecule has 4 nitrogen and oxygen atoms in total. The Morgan fingerprint density at radius 1 is 1.16 bits per heavy atom. The van der Waals surface area contributed by atoms with E-state index in [-0.39, 0.29) is 11.0 Å². The number of hydrogen-bond acceptors (Lipinski definition) is 4. The number of rotatable bonds is 5. The van der Waals surface area contributed by atoms with Crippen molar-refractivity contribution in [2.24, 2.45) is 23.2 Å². The van der Waals surface area contributed by atoms with Crippen LogP contribution < -0.4 is 0 Å². The maximum atomic E-state index is 10.4. The zero-order chi connectivity index (χ0) is 22.4. The van der Waals surface area contributed by atoms with E-state index < -0.39 is 18.3 Å². The van der Waals surface area contributed by atoms with E-state index in [1.54, 1.807) is 0 Å². The maximum Gasteiger partial charge on any atom is 0.118 e. The second kappa shape index (κ2) is 8.62. The zero-order valence-electron chi connectivity index (χ0n) is 19.4. The molecule has 0 aromatic heterocycles. The van der Waals surface area contributed by atoms with Crippen molar-refractivity contribution in [1.29, 1.82) is 0 Å². The van der Waals surface area contributed by atoms with Crippen molar-refractivity contribution in [3.63, 3.8) is 0 Å². The van der Waals surface area contributed by atoms with Gasteiger partial charge in [-0.1, -0.05) is 50.3 Å². The average Bonchev–Trinajstić information content (AvgIpc) is 3.37. The van der Waals surface area contributed by atoms with Gasteiger partial charge in [-0.25, -0.2) is 0 Å². The largest absolute Gasteiger partial charge is 0.393 e. The van der Waals surface area contributed by atoms with Gasteiger partial charge in [-0.15, -0.1) is 0 Å². The molecule has 3 saturated carbocycles. The molecule has 0 aromatic rings. The first kappa shape index (κ1) is 23.0. The summed E-state index contributed by atoms with van der Waals surface area (Å²) in [6.45, 7) is 11.4. The van der Waals surface area contributed by atoms with Crippen LogP contribution >= 0.6 is 0 Å². The highest BCUT2D eigenvalue weighted by molar-refractivity contribution is 5.38. The molecule has 0 spiro atoms. The molecule has 4 fully saturated rings. The minimum absolute atomic E-state index is 0.278. The lowest BCUT2D eigenvalue weighted by Crippen LogP contribution is -2.35. The van der Waals surface area contributed by atoms with Crippen molar-refractivity contribution in [1.82, 2.24) is 0 Å². The van der Waals surface area contributed by atoms with E-state index in [4.69, 9.17) is 4.74 Å². The normalized spacial score (nSPS) is 45.3. The molecule has 1 saturated heterocycles. The third kappa shape index (κ3) is 4.50. The Labute approximate surface area is 187 Å². The summed E-state index contributed by atoms with van der Waals surface area (Å²) in [5, 5.41) is 30.5. The number of ether oxygens (including phenoxy) is 1. The van der Waals surface area contributed by atoms with Crippen LogP contribution in [0.5, 0.6) is 0 Å². The van der Waals surface area contributed by atoms with Crippen LogP contribution in [0.2, 0.25) is 0 Å². The van der Waals surface area contributed by atoms with Gasteiger partial charge in [-0.05, 0) is 79.8 Å². The van der Waals surface area contributed by atoms with Crippen molar-refractivity contribution in [3.05, 3.63) is 47.6 Å².